The first-order valence-corrected chi connectivity index (χ1v) is 6.67. The fraction of sp³-hybridized carbons (Fsp3) is 0.533. The molecule has 20 heavy (non-hydrogen) atoms. The van der Waals surface area contributed by atoms with E-state index in [1.54, 1.807) is 36.9 Å². The Morgan fingerprint density at radius 1 is 1.40 bits per heavy atom. The van der Waals surface area contributed by atoms with Crippen molar-refractivity contribution in [1.82, 2.24) is 10.2 Å². The minimum absolute atomic E-state index is 0. The minimum Gasteiger partial charge on any atom is -0.341 e. The van der Waals surface area contributed by atoms with Gasteiger partial charge in [-0.1, -0.05) is 18.2 Å². The Bertz CT molecular complexity index is 473. The van der Waals surface area contributed by atoms with E-state index in [0.717, 1.165) is 19.5 Å². The van der Waals surface area contributed by atoms with Crippen molar-refractivity contribution in [1.29, 1.82) is 0 Å². The lowest BCUT2D eigenvalue weighted by molar-refractivity contribution is -0.136. The standard InChI is InChI=1S/C15H21FN2O.ClH/c1-15(2,12-6-4-5-7-13(12)16)14(19)18(3)11-8-9-17-10-11;/h4-7,11,17H,8-10H2,1-3H3;1H. The van der Waals surface area contributed by atoms with Gasteiger partial charge in [0.05, 0.1) is 5.41 Å². The Morgan fingerprint density at radius 3 is 2.60 bits per heavy atom. The number of hydrogen-bond acceptors (Lipinski definition) is 2. The smallest absolute Gasteiger partial charge is 0.232 e. The monoisotopic (exact) mass is 300 g/mol. The molecule has 0 saturated carbocycles. The van der Waals surface area contributed by atoms with Gasteiger partial charge < -0.3 is 10.2 Å². The van der Waals surface area contributed by atoms with E-state index in [1.807, 2.05) is 7.05 Å². The van der Waals surface area contributed by atoms with Crippen LogP contribution in [0, 0.1) is 5.82 Å². The van der Waals surface area contributed by atoms with Gasteiger partial charge in [0, 0.05) is 25.2 Å². The van der Waals surface area contributed by atoms with E-state index >= 15 is 0 Å². The zero-order valence-electron chi connectivity index (χ0n) is 12.1. The Balaban J connectivity index is 0.00000200. The third kappa shape index (κ3) is 3.13. The van der Waals surface area contributed by atoms with Crippen molar-refractivity contribution in [3.05, 3.63) is 35.6 Å². The fourth-order valence-electron chi connectivity index (χ4n) is 2.66. The highest BCUT2D eigenvalue weighted by Gasteiger charge is 2.37. The number of rotatable bonds is 3. The second-order valence-electron chi connectivity index (χ2n) is 5.67. The second-order valence-corrected chi connectivity index (χ2v) is 5.67. The van der Waals surface area contributed by atoms with Crippen LogP contribution < -0.4 is 5.32 Å². The van der Waals surface area contributed by atoms with Gasteiger partial charge in [-0.2, -0.15) is 0 Å². The van der Waals surface area contributed by atoms with E-state index in [9.17, 15) is 9.18 Å². The lowest BCUT2D eigenvalue weighted by Crippen LogP contribution is -2.47. The third-order valence-electron chi connectivity index (χ3n) is 3.98. The van der Waals surface area contributed by atoms with Gasteiger partial charge in [-0.15, -0.1) is 12.4 Å². The largest absolute Gasteiger partial charge is 0.341 e. The van der Waals surface area contributed by atoms with E-state index in [-0.39, 0.29) is 30.2 Å². The summed E-state index contributed by atoms with van der Waals surface area (Å²) in [5.74, 6) is -0.356. The SMILES string of the molecule is CN(C(=O)C(C)(C)c1ccccc1F)C1CCNC1.Cl. The second kappa shape index (κ2) is 6.55. The van der Waals surface area contributed by atoms with Crippen molar-refractivity contribution in [2.24, 2.45) is 0 Å². The molecule has 1 heterocycles. The van der Waals surface area contributed by atoms with Crippen LogP contribution in [0.1, 0.15) is 25.8 Å². The molecule has 1 N–H and O–H groups in total. The van der Waals surface area contributed by atoms with Crippen molar-refractivity contribution in [2.75, 3.05) is 20.1 Å². The summed E-state index contributed by atoms with van der Waals surface area (Å²) >= 11 is 0. The van der Waals surface area contributed by atoms with Crippen molar-refractivity contribution in [3.63, 3.8) is 0 Å². The highest BCUT2D eigenvalue weighted by Crippen LogP contribution is 2.28. The van der Waals surface area contributed by atoms with Gasteiger partial charge in [-0.05, 0) is 32.9 Å². The molecule has 1 saturated heterocycles. The van der Waals surface area contributed by atoms with Gasteiger partial charge in [0.15, 0.2) is 0 Å². The maximum Gasteiger partial charge on any atom is 0.232 e. The molecule has 2 rings (SSSR count). The molecule has 5 heteroatoms. The minimum atomic E-state index is -0.845. The van der Waals surface area contributed by atoms with Crippen molar-refractivity contribution < 1.29 is 9.18 Å². The van der Waals surface area contributed by atoms with Crippen LogP contribution in [0.2, 0.25) is 0 Å². The lowest BCUT2D eigenvalue weighted by Gasteiger charge is -2.33. The molecule has 0 aliphatic carbocycles. The Kier molecular flexibility index (Phi) is 5.54. The molecule has 0 bridgehead atoms. The van der Waals surface area contributed by atoms with Crippen molar-refractivity contribution >= 4 is 18.3 Å². The molecule has 0 aromatic heterocycles. The first-order valence-electron chi connectivity index (χ1n) is 6.67. The van der Waals surface area contributed by atoms with E-state index in [1.165, 1.54) is 6.07 Å². The average Bonchev–Trinajstić information content (AvgIpc) is 2.91. The summed E-state index contributed by atoms with van der Waals surface area (Å²) in [5.41, 5.74) is -0.388. The normalized spacial score (nSPS) is 18.5. The van der Waals surface area contributed by atoms with E-state index < -0.39 is 5.41 Å². The summed E-state index contributed by atoms with van der Waals surface area (Å²) in [6, 6.07) is 6.71. The lowest BCUT2D eigenvalue weighted by atomic mass is 9.82. The summed E-state index contributed by atoms with van der Waals surface area (Å²) in [4.78, 5) is 14.4. The Hall–Kier alpha value is -1.13. The summed E-state index contributed by atoms with van der Waals surface area (Å²) in [6.45, 7) is 5.32. The molecule has 1 atom stereocenters. The predicted octanol–water partition coefficient (Wildman–Crippen LogP) is 2.35. The van der Waals surface area contributed by atoms with Crippen LogP contribution >= 0.6 is 12.4 Å². The van der Waals surface area contributed by atoms with Gasteiger partial charge in [0.2, 0.25) is 5.91 Å². The van der Waals surface area contributed by atoms with Crippen LogP contribution in [0.15, 0.2) is 24.3 Å². The zero-order chi connectivity index (χ0) is 14.0. The van der Waals surface area contributed by atoms with Crippen LogP contribution in [-0.2, 0) is 10.2 Å². The molecule has 0 spiro atoms. The number of halogens is 2. The van der Waals surface area contributed by atoms with Crippen LogP contribution in [0.25, 0.3) is 0 Å². The van der Waals surface area contributed by atoms with Crippen molar-refractivity contribution in [2.45, 2.75) is 31.7 Å². The Morgan fingerprint density at radius 2 is 2.05 bits per heavy atom. The van der Waals surface area contributed by atoms with Gasteiger partial charge in [0.1, 0.15) is 5.82 Å². The molecule has 1 aromatic carbocycles. The van der Waals surface area contributed by atoms with E-state index in [4.69, 9.17) is 0 Å². The van der Waals surface area contributed by atoms with Gasteiger partial charge >= 0.3 is 0 Å². The summed E-state index contributed by atoms with van der Waals surface area (Å²) in [7, 11) is 1.81. The number of nitrogens with zero attached hydrogens (tertiary/aromatic N) is 1. The Labute approximate surface area is 125 Å². The molecule has 1 unspecified atom stereocenters. The van der Waals surface area contributed by atoms with Crippen molar-refractivity contribution in [3.8, 4) is 0 Å². The average molecular weight is 301 g/mol. The van der Waals surface area contributed by atoms with Gasteiger partial charge in [-0.3, -0.25) is 4.79 Å². The van der Waals surface area contributed by atoms with E-state index in [2.05, 4.69) is 5.32 Å². The number of carbonyl (C=O) groups is 1. The van der Waals surface area contributed by atoms with Gasteiger partial charge in [-0.25, -0.2) is 4.39 Å². The zero-order valence-corrected chi connectivity index (χ0v) is 13.0. The van der Waals surface area contributed by atoms with Gasteiger partial charge in [0.25, 0.3) is 0 Å². The quantitative estimate of drug-likeness (QED) is 0.929. The van der Waals surface area contributed by atoms with Crippen LogP contribution in [0.4, 0.5) is 4.39 Å². The van der Waals surface area contributed by atoms with E-state index in [0.29, 0.717) is 5.56 Å². The first kappa shape index (κ1) is 16.9. The molecular formula is C15H22ClFN2O. The summed E-state index contributed by atoms with van der Waals surface area (Å²) < 4.78 is 13.9. The molecule has 1 aliphatic rings. The highest BCUT2D eigenvalue weighted by atomic mass is 35.5. The molecule has 112 valence electrons. The molecule has 0 radical (unpaired) electrons. The van der Waals surface area contributed by atoms with Crippen LogP contribution in [-0.4, -0.2) is 37.0 Å². The number of benzene rings is 1. The molecular weight excluding hydrogens is 279 g/mol. The third-order valence-corrected chi connectivity index (χ3v) is 3.98. The molecule has 1 aliphatic heterocycles. The fourth-order valence-corrected chi connectivity index (χ4v) is 2.66. The van der Waals surface area contributed by atoms with Crippen LogP contribution in [0.3, 0.4) is 0 Å². The topological polar surface area (TPSA) is 32.3 Å². The number of amides is 1. The molecule has 1 aromatic rings. The number of carbonyl (C=O) groups excluding carboxylic acids is 1. The number of likely N-dealkylation sites (N-methyl/N-ethyl adjacent to an activating group) is 1. The first-order chi connectivity index (χ1) is 8.94. The summed E-state index contributed by atoms with van der Waals surface area (Å²) in [5, 5.41) is 3.24. The number of nitrogens with one attached hydrogen (secondary N) is 1. The predicted molar refractivity (Wildman–Crippen MR) is 80.7 cm³/mol. The summed E-state index contributed by atoms with van der Waals surface area (Å²) in [6.07, 6.45) is 0.954. The maximum atomic E-state index is 13.9. The van der Waals surface area contributed by atoms with Crippen LogP contribution in [0.5, 0.6) is 0 Å². The number of hydrogen-bond donors (Lipinski definition) is 1. The highest BCUT2D eigenvalue weighted by molar-refractivity contribution is 5.87. The molecule has 3 nitrogen and oxygen atoms in total. The maximum absolute atomic E-state index is 13.9. The molecule has 1 amide bonds. The molecule has 1 fully saturated rings.